The van der Waals surface area contributed by atoms with Crippen LogP contribution in [0.15, 0.2) is 52.1 Å². The minimum absolute atomic E-state index is 0.0176. The first-order valence-electron chi connectivity index (χ1n) is 10.4. The lowest BCUT2D eigenvalue weighted by atomic mass is 10.0. The van der Waals surface area contributed by atoms with Crippen LogP contribution in [-0.2, 0) is 10.0 Å². The van der Waals surface area contributed by atoms with E-state index in [9.17, 15) is 13.2 Å². The summed E-state index contributed by atoms with van der Waals surface area (Å²) in [6.07, 6.45) is 4.93. The Morgan fingerprint density at radius 2 is 1.88 bits per heavy atom. The van der Waals surface area contributed by atoms with Gasteiger partial charge >= 0.3 is 0 Å². The van der Waals surface area contributed by atoms with E-state index >= 15 is 0 Å². The number of nitrogens with zero attached hydrogens (tertiary/aromatic N) is 3. The molecule has 1 aromatic carbocycles. The lowest BCUT2D eigenvalue weighted by Gasteiger charge is -2.19. The molecule has 168 valence electrons. The Morgan fingerprint density at radius 1 is 1.16 bits per heavy atom. The van der Waals surface area contributed by atoms with Crippen molar-refractivity contribution in [2.24, 2.45) is 5.92 Å². The second-order valence-electron chi connectivity index (χ2n) is 8.26. The number of carbonyl (C=O) groups excluding carboxylic acids is 1. The zero-order valence-corrected chi connectivity index (χ0v) is 18.9. The predicted octanol–water partition coefficient (Wildman–Crippen LogP) is 3.01. The molecule has 3 aromatic rings. The van der Waals surface area contributed by atoms with Gasteiger partial charge in [-0.3, -0.25) is 9.78 Å². The van der Waals surface area contributed by atoms with E-state index in [4.69, 9.17) is 4.52 Å². The number of amides is 1. The Balaban J connectivity index is 1.57. The van der Waals surface area contributed by atoms with Crippen molar-refractivity contribution >= 4 is 15.9 Å². The highest BCUT2D eigenvalue weighted by atomic mass is 32.2. The molecule has 1 amide bonds. The molecule has 4 rings (SSSR count). The lowest BCUT2D eigenvalue weighted by Crippen LogP contribution is -2.33. The van der Waals surface area contributed by atoms with Gasteiger partial charge in [0, 0.05) is 29.6 Å². The van der Waals surface area contributed by atoms with Crippen LogP contribution in [0.5, 0.6) is 0 Å². The van der Waals surface area contributed by atoms with Crippen LogP contribution >= 0.6 is 0 Å². The molecule has 0 radical (unpaired) electrons. The smallest absolute Gasteiger partial charge is 0.252 e. The molecule has 0 bridgehead atoms. The topological polar surface area (TPSA) is 127 Å². The molecule has 2 heterocycles. The number of carbonyl (C=O) groups is 1. The minimum atomic E-state index is -3.67. The molecule has 0 saturated heterocycles. The largest absolute Gasteiger partial charge is 0.340 e. The summed E-state index contributed by atoms with van der Waals surface area (Å²) >= 11 is 0. The summed E-state index contributed by atoms with van der Waals surface area (Å²) < 4.78 is 33.2. The van der Waals surface area contributed by atoms with Gasteiger partial charge in [0.2, 0.25) is 21.7 Å². The first-order chi connectivity index (χ1) is 15.2. The van der Waals surface area contributed by atoms with Gasteiger partial charge in [-0.15, -0.1) is 0 Å². The molecule has 1 aliphatic rings. The molecule has 0 aliphatic heterocycles. The first-order valence-corrected chi connectivity index (χ1v) is 11.9. The zero-order valence-electron chi connectivity index (χ0n) is 18.1. The molecule has 1 atom stereocenters. The van der Waals surface area contributed by atoms with Crippen LogP contribution in [0.2, 0.25) is 0 Å². The fourth-order valence-corrected chi connectivity index (χ4v) is 4.54. The zero-order chi connectivity index (χ0) is 22.9. The monoisotopic (exact) mass is 455 g/mol. The number of hydrogen-bond acceptors (Lipinski definition) is 7. The van der Waals surface area contributed by atoms with Gasteiger partial charge in [0.15, 0.2) is 0 Å². The predicted molar refractivity (Wildman–Crippen MR) is 117 cm³/mol. The molecule has 9 nitrogen and oxygen atoms in total. The van der Waals surface area contributed by atoms with Crippen molar-refractivity contribution < 1.29 is 17.7 Å². The van der Waals surface area contributed by atoms with Gasteiger partial charge < -0.3 is 9.84 Å². The molecule has 10 heteroatoms. The Bertz CT molecular complexity index is 1220. The molecular weight excluding hydrogens is 430 g/mol. The summed E-state index contributed by atoms with van der Waals surface area (Å²) in [4.78, 5) is 21.6. The quantitative estimate of drug-likeness (QED) is 0.534. The molecule has 2 aromatic heterocycles. The minimum Gasteiger partial charge on any atom is -0.340 e. The van der Waals surface area contributed by atoms with E-state index in [1.165, 1.54) is 12.1 Å². The number of nitrogens with one attached hydrogen (secondary N) is 2. The van der Waals surface area contributed by atoms with Crippen molar-refractivity contribution in [3.63, 3.8) is 0 Å². The van der Waals surface area contributed by atoms with Crippen molar-refractivity contribution in [1.29, 1.82) is 0 Å². The van der Waals surface area contributed by atoms with Gasteiger partial charge in [-0.25, -0.2) is 13.1 Å². The van der Waals surface area contributed by atoms with Crippen molar-refractivity contribution in [3.05, 3.63) is 59.7 Å². The van der Waals surface area contributed by atoms with Gasteiger partial charge in [0.25, 0.3) is 5.91 Å². The Labute approximate surface area is 186 Å². The third-order valence-electron chi connectivity index (χ3n) is 5.26. The molecule has 1 fully saturated rings. The number of sulfonamides is 1. The lowest BCUT2D eigenvalue weighted by molar-refractivity contribution is 0.0913. The molecule has 1 saturated carbocycles. The summed E-state index contributed by atoms with van der Waals surface area (Å²) in [6, 6.07) is 7.52. The van der Waals surface area contributed by atoms with Gasteiger partial charge in [0.1, 0.15) is 6.04 Å². The second kappa shape index (κ2) is 8.79. The van der Waals surface area contributed by atoms with E-state index in [2.05, 4.69) is 25.2 Å². The maximum Gasteiger partial charge on any atom is 0.252 e. The van der Waals surface area contributed by atoms with E-state index in [1.54, 1.807) is 37.5 Å². The average molecular weight is 456 g/mol. The van der Waals surface area contributed by atoms with Gasteiger partial charge in [-0.1, -0.05) is 25.1 Å². The van der Waals surface area contributed by atoms with Crippen molar-refractivity contribution in [2.45, 2.75) is 50.6 Å². The van der Waals surface area contributed by atoms with E-state index < -0.39 is 22.0 Å². The highest BCUT2D eigenvalue weighted by molar-refractivity contribution is 7.89. The van der Waals surface area contributed by atoms with Gasteiger partial charge in [-0.2, -0.15) is 4.98 Å². The van der Waals surface area contributed by atoms with Crippen LogP contribution in [0.4, 0.5) is 0 Å². The molecule has 2 N–H and O–H groups in total. The summed E-state index contributed by atoms with van der Waals surface area (Å²) in [5.74, 6) is 0.219. The van der Waals surface area contributed by atoms with E-state index in [1.807, 2.05) is 13.8 Å². The summed E-state index contributed by atoms with van der Waals surface area (Å²) in [7, 11) is -3.67. The number of pyridine rings is 1. The van der Waals surface area contributed by atoms with Crippen molar-refractivity contribution in [2.75, 3.05) is 0 Å². The molecular formula is C22H25N5O4S. The van der Waals surface area contributed by atoms with E-state index in [0.717, 1.165) is 18.4 Å². The van der Waals surface area contributed by atoms with Crippen LogP contribution in [0.3, 0.4) is 0 Å². The number of benzene rings is 1. The van der Waals surface area contributed by atoms with Crippen molar-refractivity contribution in [3.8, 4) is 11.4 Å². The van der Waals surface area contributed by atoms with Crippen LogP contribution in [0.1, 0.15) is 54.5 Å². The average Bonchev–Trinajstić information content (AvgIpc) is 3.43. The van der Waals surface area contributed by atoms with E-state index in [-0.39, 0.29) is 28.3 Å². The third-order valence-corrected chi connectivity index (χ3v) is 6.78. The Hall–Kier alpha value is -3.11. The van der Waals surface area contributed by atoms with Crippen LogP contribution in [0.25, 0.3) is 11.4 Å². The number of hydrogen-bond donors (Lipinski definition) is 2. The Morgan fingerprint density at radius 3 is 2.53 bits per heavy atom. The van der Waals surface area contributed by atoms with Gasteiger partial charge in [0.05, 0.1) is 4.90 Å². The number of aromatic nitrogens is 3. The first kappa shape index (κ1) is 22.1. The second-order valence-corrected chi connectivity index (χ2v) is 9.97. The maximum atomic E-state index is 13.1. The van der Waals surface area contributed by atoms with Crippen molar-refractivity contribution in [1.82, 2.24) is 25.2 Å². The number of rotatable bonds is 8. The Kier molecular flexibility index (Phi) is 6.07. The standard InChI is InChI=1S/C22H25N5O4S/c1-13(2)19(22-25-20(26-31-22)15-8-10-23-11-9-15)24-21(28)18-12-17(7-4-14(18)3)32(29,30)27-16-5-6-16/h4,7-13,16,19,27H,5-6H2,1-3H3,(H,24,28). The fraction of sp³-hybridized carbons (Fsp3) is 0.364. The molecule has 1 aliphatic carbocycles. The highest BCUT2D eigenvalue weighted by Gasteiger charge is 2.30. The van der Waals surface area contributed by atoms with Gasteiger partial charge in [-0.05, 0) is 55.5 Å². The summed E-state index contributed by atoms with van der Waals surface area (Å²) in [5, 5.41) is 6.94. The summed E-state index contributed by atoms with van der Waals surface area (Å²) in [5.41, 5.74) is 1.70. The maximum absolute atomic E-state index is 13.1. The highest BCUT2D eigenvalue weighted by Crippen LogP contribution is 2.26. The third kappa shape index (κ3) is 4.86. The summed E-state index contributed by atoms with van der Waals surface area (Å²) in [6.45, 7) is 5.61. The fourth-order valence-electron chi connectivity index (χ4n) is 3.21. The SMILES string of the molecule is Cc1ccc(S(=O)(=O)NC2CC2)cc1C(=O)NC(c1nc(-c2ccncc2)no1)C(C)C. The van der Waals surface area contributed by atoms with Crippen LogP contribution in [-0.4, -0.2) is 35.5 Å². The normalized spacial score (nSPS) is 15.0. The molecule has 1 unspecified atom stereocenters. The van der Waals surface area contributed by atoms with E-state index in [0.29, 0.717) is 11.4 Å². The molecule has 32 heavy (non-hydrogen) atoms. The van der Waals surface area contributed by atoms with Crippen LogP contribution < -0.4 is 10.0 Å². The molecule has 0 spiro atoms. The van der Waals surface area contributed by atoms with Crippen LogP contribution in [0, 0.1) is 12.8 Å². The number of aryl methyl sites for hydroxylation is 1.